The number of carbonyl (C=O) groups is 4. The first kappa shape index (κ1) is 38.5. The molecule has 4 atom stereocenters. The van der Waals surface area contributed by atoms with Crippen LogP contribution < -0.4 is 16.0 Å². The van der Waals surface area contributed by atoms with Gasteiger partial charge < -0.3 is 35.5 Å². The molecule has 0 saturated heterocycles. The number of para-hydroxylation sites is 1. The number of aromatic nitrogens is 1. The van der Waals surface area contributed by atoms with E-state index in [2.05, 4.69) is 46.2 Å². The third-order valence-corrected chi connectivity index (χ3v) is 9.43. The van der Waals surface area contributed by atoms with Crippen molar-refractivity contribution in [2.45, 2.75) is 63.1 Å². The Bertz CT molecular complexity index is 1870. The number of esters is 1. The van der Waals surface area contributed by atoms with Crippen LogP contribution in [0.3, 0.4) is 0 Å². The molecule has 1 aromatic heterocycles. The molecule has 3 amide bonds. The van der Waals surface area contributed by atoms with Crippen molar-refractivity contribution in [1.82, 2.24) is 20.9 Å². The van der Waals surface area contributed by atoms with Crippen LogP contribution in [0.1, 0.15) is 55.2 Å². The molecule has 278 valence electrons. The summed E-state index contributed by atoms with van der Waals surface area (Å²) in [6, 6.07) is 21.6. The van der Waals surface area contributed by atoms with Crippen molar-refractivity contribution < 1.29 is 33.8 Å². The molecule has 0 fully saturated rings. The molecule has 0 saturated carbocycles. The van der Waals surface area contributed by atoms with Crippen LogP contribution in [0.15, 0.2) is 104 Å². The predicted octanol–water partition coefficient (Wildman–Crippen LogP) is 5.69. The minimum absolute atomic E-state index is 0.0879. The maximum Gasteiger partial charge on any atom is 0.407 e. The number of aliphatic hydroxyl groups is 1. The van der Waals surface area contributed by atoms with Crippen LogP contribution in [0.25, 0.3) is 22.0 Å². The summed E-state index contributed by atoms with van der Waals surface area (Å²) in [5.41, 5.74) is 6.17. The summed E-state index contributed by atoms with van der Waals surface area (Å²) in [5.74, 6) is -2.35. The van der Waals surface area contributed by atoms with Gasteiger partial charge in [0.2, 0.25) is 11.8 Å². The van der Waals surface area contributed by atoms with Gasteiger partial charge >= 0.3 is 12.1 Å². The van der Waals surface area contributed by atoms with Crippen molar-refractivity contribution in [2.24, 2.45) is 5.92 Å². The van der Waals surface area contributed by atoms with Gasteiger partial charge in [-0.1, -0.05) is 78.9 Å². The molecular weight excluding hydrogens is 672 g/mol. The highest BCUT2D eigenvalue weighted by atomic mass is 16.6. The van der Waals surface area contributed by atoms with Crippen LogP contribution >= 0.6 is 0 Å². The first-order valence-corrected chi connectivity index (χ1v) is 18.0. The van der Waals surface area contributed by atoms with E-state index in [-0.39, 0.29) is 50.9 Å². The zero-order valence-corrected chi connectivity index (χ0v) is 30.0. The Hall–Kier alpha value is -5.68. The van der Waals surface area contributed by atoms with E-state index in [1.807, 2.05) is 66.9 Å². The molecule has 53 heavy (non-hydrogen) atoms. The van der Waals surface area contributed by atoms with Gasteiger partial charge in [-0.05, 0) is 66.5 Å². The van der Waals surface area contributed by atoms with E-state index < -0.39 is 42.0 Å². The predicted molar refractivity (Wildman–Crippen MR) is 204 cm³/mol. The number of aliphatic hydroxyl groups excluding tert-OH is 1. The van der Waals surface area contributed by atoms with Gasteiger partial charge in [0.1, 0.15) is 19.3 Å². The summed E-state index contributed by atoms with van der Waals surface area (Å²) in [5, 5.41) is 18.6. The van der Waals surface area contributed by atoms with E-state index in [0.29, 0.717) is 12.8 Å². The van der Waals surface area contributed by atoms with Gasteiger partial charge in [0.05, 0.1) is 18.6 Å². The number of hydrogen-bond donors (Lipinski definition) is 5. The lowest BCUT2D eigenvalue weighted by atomic mass is 9.98. The summed E-state index contributed by atoms with van der Waals surface area (Å²) >= 11 is 0. The SMILES string of the molecule is C=CCC[C@H](NC(=O)OCC1c2ccccc2-c2ccccc21)C(=O)OC[C@H](Cc1c[nH]c2ccccc12)NC(=O)[C@H](CC=C)CC(=O)N[C@H](C)CO. The molecule has 0 unspecified atom stereocenters. The highest BCUT2D eigenvalue weighted by Crippen LogP contribution is 2.44. The van der Waals surface area contributed by atoms with Crippen LogP contribution in [0.4, 0.5) is 4.79 Å². The van der Waals surface area contributed by atoms with E-state index >= 15 is 0 Å². The molecular formula is C42H48N4O7. The number of ether oxygens (including phenoxy) is 2. The average Bonchev–Trinajstić information content (AvgIpc) is 3.72. The fraction of sp³-hybridized carbons (Fsp3) is 0.333. The molecule has 11 heteroatoms. The highest BCUT2D eigenvalue weighted by Gasteiger charge is 2.31. The Morgan fingerprint density at radius 2 is 1.57 bits per heavy atom. The zero-order chi connectivity index (χ0) is 37.7. The van der Waals surface area contributed by atoms with Gasteiger partial charge in [0, 0.05) is 35.5 Å². The second-order valence-electron chi connectivity index (χ2n) is 13.4. The van der Waals surface area contributed by atoms with Crippen LogP contribution in [0.2, 0.25) is 0 Å². The zero-order valence-electron chi connectivity index (χ0n) is 30.0. The number of fused-ring (bicyclic) bond motifs is 4. The molecule has 0 spiro atoms. The normalized spacial score (nSPS) is 14.2. The largest absolute Gasteiger partial charge is 0.462 e. The van der Waals surface area contributed by atoms with Crippen molar-refractivity contribution in [3.05, 3.63) is 121 Å². The minimum Gasteiger partial charge on any atom is -0.462 e. The maximum absolute atomic E-state index is 13.6. The van der Waals surface area contributed by atoms with Crippen molar-refractivity contribution >= 4 is 34.8 Å². The van der Waals surface area contributed by atoms with E-state index in [9.17, 15) is 24.3 Å². The molecule has 5 N–H and O–H groups in total. The van der Waals surface area contributed by atoms with E-state index in [1.165, 1.54) is 0 Å². The summed E-state index contributed by atoms with van der Waals surface area (Å²) < 4.78 is 11.5. The molecule has 0 radical (unpaired) electrons. The molecule has 4 aromatic rings. The number of rotatable bonds is 19. The fourth-order valence-electron chi connectivity index (χ4n) is 6.72. The molecule has 1 aliphatic rings. The third-order valence-electron chi connectivity index (χ3n) is 9.43. The Morgan fingerprint density at radius 3 is 2.25 bits per heavy atom. The summed E-state index contributed by atoms with van der Waals surface area (Å²) in [6.45, 7) is 8.82. The van der Waals surface area contributed by atoms with Crippen molar-refractivity contribution in [2.75, 3.05) is 19.8 Å². The quantitative estimate of drug-likeness (QED) is 0.0615. The lowest BCUT2D eigenvalue weighted by Crippen LogP contribution is -2.47. The van der Waals surface area contributed by atoms with Gasteiger partial charge in [-0.3, -0.25) is 9.59 Å². The molecule has 5 rings (SSSR count). The number of H-pyrrole nitrogens is 1. The van der Waals surface area contributed by atoms with E-state index in [0.717, 1.165) is 38.7 Å². The Morgan fingerprint density at radius 1 is 0.887 bits per heavy atom. The van der Waals surface area contributed by atoms with E-state index in [1.54, 1.807) is 19.1 Å². The van der Waals surface area contributed by atoms with E-state index in [4.69, 9.17) is 9.47 Å². The summed E-state index contributed by atoms with van der Waals surface area (Å²) in [4.78, 5) is 56.2. The molecule has 0 aliphatic heterocycles. The van der Waals surface area contributed by atoms with Gasteiger partial charge in [-0.25, -0.2) is 9.59 Å². The van der Waals surface area contributed by atoms with Gasteiger partial charge in [-0.15, -0.1) is 13.2 Å². The molecule has 1 aliphatic carbocycles. The average molecular weight is 721 g/mol. The minimum atomic E-state index is -1.03. The summed E-state index contributed by atoms with van der Waals surface area (Å²) in [6.07, 6.45) is 5.42. The first-order chi connectivity index (χ1) is 25.7. The number of nitrogens with one attached hydrogen (secondary N) is 4. The smallest absolute Gasteiger partial charge is 0.407 e. The number of allylic oxidation sites excluding steroid dienone is 2. The Balaban J connectivity index is 1.25. The van der Waals surface area contributed by atoms with Gasteiger partial charge in [0.15, 0.2) is 0 Å². The van der Waals surface area contributed by atoms with Crippen molar-refractivity contribution in [1.29, 1.82) is 0 Å². The summed E-state index contributed by atoms with van der Waals surface area (Å²) in [7, 11) is 0. The van der Waals surface area contributed by atoms with Gasteiger partial charge in [-0.2, -0.15) is 0 Å². The maximum atomic E-state index is 13.6. The number of alkyl carbamates (subject to hydrolysis) is 1. The number of benzene rings is 3. The first-order valence-electron chi connectivity index (χ1n) is 18.0. The Kier molecular flexibility index (Phi) is 13.6. The number of carbonyl (C=O) groups excluding carboxylic acids is 4. The lowest BCUT2D eigenvalue weighted by molar-refractivity contribution is -0.147. The van der Waals surface area contributed by atoms with Crippen molar-refractivity contribution in [3.63, 3.8) is 0 Å². The topological polar surface area (TPSA) is 159 Å². The number of amides is 3. The standard InChI is InChI=1S/C42H48N4O7/c1-4-6-19-38(46-42(51)53-26-36-34-17-9-7-15-32(34)33-16-8-10-18-35(33)36)41(50)52-25-30(21-29-23-43-37-20-12-11-14-31(29)37)45-40(49)28(13-5-2)22-39(48)44-27(3)24-47/h4-5,7-12,14-18,20,23,27-28,30,36,38,43,47H,1-2,6,13,19,21-22,24-26H2,3H3,(H,44,48)(H,45,49)(H,46,51)/t27-,28-,30+,38+/m1/s1. The third kappa shape index (κ3) is 10.0. The van der Waals surface area contributed by atoms with Crippen LogP contribution in [0.5, 0.6) is 0 Å². The van der Waals surface area contributed by atoms with Crippen LogP contribution in [-0.4, -0.2) is 71.9 Å². The molecule has 0 bridgehead atoms. The highest BCUT2D eigenvalue weighted by molar-refractivity contribution is 5.87. The molecule has 11 nitrogen and oxygen atoms in total. The number of hydrogen-bond acceptors (Lipinski definition) is 7. The second-order valence-corrected chi connectivity index (χ2v) is 13.4. The fourth-order valence-corrected chi connectivity index (χ4v) is 6.72. The van der Waals surface area contributed by atoms with Crippen molar-refractivity contribution in [3.8, 4) is 11.1 Å². The second kappa shape index (κ2) is 18.7. The molecule has 3 aromatic carbocycles. The van der Waals surface area contributed by atoms with Gasteiger partial charge in [0.25, 0.3) is 0 Å². The lowest BCUT2D eigenvalue weighted by Gasteiger charge is -2.24. The number of aromatic amines is 1. The Labute approximate surface area is 309 Å². The van der Waals surface area contributed by atoms with Crippen LogP contribution in [0, 0.1) is 5.92 Å². The van der Waals surface area contributed by atoms with Crippen LogP contribution in [-0.2, 0) is 30.3 Å². The molecule has 1 heterocycles. The monoisotopic (exact) mass is 720 g/mol.